The molecule has 0 saturated carbocycles. The molecule has 142 valence electrons. The summed E-state index contributed by atoms with van der Waals surface area (Å²) >= 11 is 0. The first-order chi connectivity index (χ1) is 11.8. The first kappa shape index (κ1) is 21.4. The minimum absolute atomic E-state index is 0. The number of amides is 1. The van der Waals surface area contributed by atoms with Crippen molar-refractivity contribution in [2.75, 3.05) is 23.0 Å². The third-order valence-electron chi connectivity index (χ3n) is 3.19. The minimum Gasteiger partial charge on any atom is -0.450 e. The summed E-state index contributed by atoms with van der Waals surface area (Å²) in [6.07, 6.45) is -4.99. The van der Waals surface area contributed by atoms with Crippen LogP contribution in [0, 0.1) is 0 Å². The van der Waals surface area contributed by atoms with E-state index >= 15 is 0 Å². The van der Waals surface area contributed by atoms with E-state index in [1.807, 2.05) is 0 Å². The van der Waals surface area contributed by atoms with Gasteiger partial charge in [-0.15, -0.1) is 12.4 Å². The Morgan fingerprint density at radius 3 is 2.38 bits per heavy atom. The van der Waals surface area contributed by atoms with Crippen LogP contribution in [0.1, 0.15) is 18.1 Å². The van der Waals surface area contributed by atoms with E-state index in [2.05, 4.69) is 15.6 Å². The monoisotopic (exact) mass is 390 g/mol. The number of aromatic nitrogens is 1. The Bertz CT molecular complexity index is 739. The molecule has 0 aliphatic heterocycles. The Hall–Kier alpha value is -2.68. The van der Waals surface area contributed by atoms with Gasteiger partial charge in [0.2, 0.25) is 0 Å². The summed E-state index contributed by atoms with van der Waals surface area (Å²) in [5, 5.41) is 5.40. The van der Waals surface area contributed by atoms with Gasteiger partial charge in [0.15, 0.2) is 0 Å². The van der Waals surface area contributed by atoms with Crippen LogP contribution in [0.4, 0.5) is 35.3 Å². The summed E-state index contributed by atoms with van der Waals surface area (Å²) in [4.78, 5) is 15.4. The van der Waals surface area contributed by atoms with Crippen molar-refractivity contribution in [2.24, 2.45) is 0 Å². The number of ether oxygens (including phenoxy) is 1. The SMILES string of the molecule is CCOC(=O)Nc1ccc(NCc2ccc(C(F)(F)F)cc2)nc1N.Cl. The fourth-order valence-corrected chi connectivity index (χ4v) is 1.96. The maximum Gasteiger partial charge on any atom is 0.416 e. The molecule has 4 N–H and O–H groups in total. The summed E-state index contributed by atoms with van der Waals surface area (Å²) in [7, 11) is 0. The second-order valence-corrected chi connectivity index (χ2v) is 5.02. The maximum absolute atomic E-state index is 12.5. The third-order valence-corrected chi connectivity index (χ3v) is 3.19. The van der Waals surface area contributed by atoms with E-state index in [0.29, 0.717) is 17.1 Å². The van der Waals surface area contributed by atoms with Crippen molar-refractivity contribution in [3.05, 3.63) is 47.5 Å². The zero-order valence-corrected chi connectivity index (χ0v) is 14.6. The van der Waals surface area contributed by atoms with Crippen LogP contribution >= 0.6 is 12.4 Å². The minimum atomic E-state index is -4.36. The first-order valence-electron chi connectivity index (χ1n) is 7.40. The quantitative estimate of drug-likeness (QED) is 0.708. The molecule has 0 bridgehead atoms. The summed E-state index contributed by atoms with van der Waals surface area (Å²) in [5.41, 5.74) is 6.01. The Labute approximate surface area is 154 Å². The van der Waals surface area contributed by atoms with Crippen LogP contribution in [0.15, 0.2) is 36.4 Å². The summed E-state index contributed by atoms with van der Waals surface area (Å²) in [5.74, 6) is 0.511. The van der Waals surface area contributed by atoms with Gasteiger partial charge in [-0.2, -0.15) is 13.2 Å². The summed E-state index contributed by atoms with van der Waals surface area (Å²) < 4.78 is 42.3. The molecule has 1 heterocycles. The van der Waals surface area contributed by atoms with Crippen LogP contribution in [0.3, 0.4) is 0 Å². The number of halogens is 4. The molecule has 0 saturated heterocycles. The van der Waals surface area contributed by atoms with Crippen molar-refractivity contribution in [3.8, 4) is 0 Å². The van der Waals surface area contributed by atoms with Crippen LogP contribution in [0.5, 0.6) is 0 Å². The lowest BCUT2D eigenvalue weighted by molar-refractivity contribution is -0.137. The van der Waals surface area contributed by atoms with Crippen molar-refractivity contribution in [3.63, 3.8) is 0 Å². The lowest BCUT2D eigenvalue weighted by atomic mass is 10.1. The van der Waals surface area contributed by atoms with Crippen molar-refractivity contribution in [1.29, 1.82) is 0 Å². The molecule has 2 aromatic rings. The number of nitrogens with two attached hydrogens (primary N) is 1. The van der Waals surface area contributed by atoms with Gasteiger partial charge in [-0.25, -0.2) is 9.78 Å². The van der Waals surface area contributed by atoms with Gasteiger partial charge >= 0.3 is 12.3 Å². The smallest absolute Gasteiger partial charge is 0.416 e. The van der Waals surface area contributed by atoms with E-state index in [1.165, 1.54) is 12.1 Å². The lowest BCUT2D eigenvalue weighted by Gasteiger charge is -2.11. The zero-order valence-electron chi connectivity index (χ0n) is 13.8. The number of benzene rings is 1. The highest BCUT2D eigenvalue weighted by atomic mass is 35.5. The van der Waals surface area contributed by atoms with Gasteiger partial charge in [-0.05, 0) is 36.8 Å². The number of pyridine rings is 1. The van der Waals surface area contributed by atoms with E-state index in [-0.39, 0.29) is 31.4 Å². The molecule has 6 nitrogen and oxygen atoms in total. The van der Waals surface area contributed by atoms with E-state index < -0.39 is 17.8 Å². The first-order valence-corrected chi connectivity index (χ1v) is 7.40. The molecule has 1 aromatic carbocycles. The van der Waals surface area contributed by atoms with E-state index in [1.54, 1.807) is 19.1 Å². The number of nitrogens with one attached hydrogen (secondary N) is 2. The fraction of sp³-hybridized carbons (Fsp3) is 0.250. The molecule has 1 aromatic heterocycles. The Balaban J connectivity index is 0.00000338. The number of carbonyl (C=O) groups excluding carboxylic acids is 1. The van der Waals surface area contributed by atoms with Crippen LogP contribution in [-0.4, -0.2) is 17.7 Å². The number of carbonyl (C=O) groups is 1. The normalized spacial score (nSPS) is 10.6. The van der Waals surface area contributed by atoms with E-state index in [4.69, 9.17) is 10.5 Å². The van der Waals surface area contributed by atoms with Crippen LogP contribution in [-0.2, 0) is 17.5 Å². The second-order valence-electron chi connectivity index (χ2n) is 5.02. The van der Waals surface area contributed by atoms with Crippen molar-refractivity contribution < 1.29 is 22.7 Å². The van der Waals surface area contributed by atoms with E-state index in [9.17, 15) is 18.0 Å². The molecule has 0 aliphatic rings. The predicted molar refractivity (Wildman–Crippen MR) is 95.3 cm³/mol. The molecule has 0 fully saturated rings. The molecule has 1 amide bonds. The average Bonchev–Trinajstić information content (AvgIpc) is 2.55. The Morgan fingerprint density at radius 1 is 1.19 bits per heavy atom. The van der Waals surface area contributed by atoms with Gasteiger partial charge < -0.3 is 15.8 Å². The number of anilines is 3. The molecule has 26 heavy (non-hydrogen) atoms. The van der Waals surface area contributed by atoms with Crippen LogP contribution < -0.4 is 16.4 Å². The number of hydrogen-bond donors (Lipinski definition) is 3. The molecular weight excluding hydrogens is 373 g/mol. The predicted octanol–water partition coefficient (Wildman–Crippen LogP) is 4.28. The molecule has 0 aliphatic carbocycles. The van der Waals surface area contributed by atoms with Gasteiger partial charge in [0, 0.05) is 6.54 Å². The van der Waals surface area contributed by atoms with E-state index in [0.717, 1.165) is 12.1 Å². The van der Waals surface area contributed by atoms with Gasteiger partial charge in [-0.1, -0.05) is 12.1 Å². The average molecular weight is 391 g/mol. The number of alkyl halides is 3. The third kappa shape index (κ3) is 5.99. The highest BCUT2D eigenvalue weighted by Gasteiger charge is 2.29. The largest absolute Gasteiger partial charge is 0.450 e. The van der Waals surface area contributed by atoms with Crippen LogP contribution in [0.25, 0.3) is 0 Å². The number of nitrogen functional groups attached to an aromatic ring is 1. The van der Waals surface area contributed by atoms with Gasteiger partial charge in [-0.3, -0.25) is 5.32 Å². The molecule has 0 spiro atoms. The van der Waals surface area contributed by atoms with Gasteiger partial charge in [0.05, 0.1) is 17.9 Å². The molecule has 2 rings (SSSR count). The second kappa shape index (κ2) is 9.14. The highest BCUT2D eigenvalue weighted by molar-refractivity contribution is 5.88. The van der Waals surface area contributed by atoms with Crippen molar-refractivity contribution in [2.45, 2.75) is 19.6 Å². The topological polar surface area (TPSA) is 89.3 Å². The fourth-order valence-electron chi connectivity index (χ4n) is 1.96. The Kier molecular flexibility index (Phi) is 7.51. The molecule has 10 heteroatoms. The van der Waals surface area contributed by atoms with Gasteiger partial charge in [0.1, 0.15) is 11.6 Å². The van der Waals surface area contributed by atoms with Crippen molar-refractivity contribution >= 4 is 35.8 Å². The molecule has 0 radical (unpaired) electrons. The standard InChI is InChI=1S/C16H17F3N4O2.ClH/c1-2-25-15(24)22-12-7-8-13(23-14(12)20)21-9-10-3-5-11(6-4-10)16(17,18)19;/h3-8H,2,9H2,1H3,(H,22,24)(H3,20,21,23);1H. The molecular formula is C16H18ClF3N4O2. The highest BCUT2D eigenvalue weighted by Crippen LogP contribution is 2.29. The summed E-state index contributed by atoms with van der Waals surface area (Å²) in [6.45, 7) is 2.18. The molecule has 0 unspecified atom stereocenters. The zero-order chi connectivity index (χ0) is 18.4. The molecule has 0 atom stereocenters. The Morgan fingerprint density at radius 2 is 1.85 bits per heavy atom. The van der Waals surface area contributed by atoms with Crippen LogP contribution in [0.2, 0.25) is 0 Å². The maximum atomic E-state index is 12.5. The number of nitrogens with zero attached hydrogens (tertiary/aromatic N) is 1. The van der Waals surface area contributed by atoms with Gasteiger partial charge in [0.25, 0.3) is 0 Å². The number of rotatable bonds is 5. The van der Waals surface area contributed by atoms with Crippen molar-refractivity contribution in [1.82, 2.24) is 4.98 Å². The number of hydrogen-bond acceptors (Lipinski definition) is 5. The lowest BCUT2D eigenvalue weighted by Crippen LogP contribution is -2.15. The summed E-state index contributed by atoms with van der Waals surface area (Å²) in [6, 6.07) is 7.94.